The third-order valence-corrected chi connectivity index (χ3v) is 5.64. The largest absolute Gasteiger partial charge is 0.393 e. The summed E-state index contributed by atoms with van der Waals surface area (Å²) in [4.78, 5) is 22.4. The standard InChI is InChI=1S/C18H23N3O3/c1-24-18-7-6-12(22)10-15(18)21(9-8-18)17(23)11-16-19-13-4-2-3-5-14(13)20-16/h2-5,12,15,22H,6-11H2,1H3,(H,19,20)/t12-,15+,18-/m1/s1. The fraction of sp³-hybridized carbons (Fsp3) is 0.556. The molecule has 1 saturated carbocycles. The maximum Gasteiger partial charge on any atom is 0.230 e. The van der Waals surface area contributed by atoms with E-state index >= 15 is 0 Å². The normalized spacial score (nSPS) is 29.8. The molecule has 6 nitrogen and oxygen atoms in total. The highest BCUT2D eigenvalue weighted by Gasteiger charge is 2.52. The molecule has 2 N–H and O–H groups in total. The van der Waals surface area contributed by atoms with Crippen molar-refractivity contribution in [3.8, 4) is 0 Å². The van der Waals surface area contributed by atoms with E-state index in [2.05, 4.69) is 9.97 Å². The number of imidazole rings is 1. The van der Waals surface area contributed by atoms with Gasteiger partial charge in [-0.2, -0.15) is 0 Å². The fourth-order valence-corrected chi connectivity index (χ4v) is 4.31. The second-order valence-corrected chi connectivity index (χ2v) is 6.93. The molecule has 4 rings (SSSR count). The molecular weight excluding hydrogens is 306 g/mol. The Morgan fingerprint density at radius 3 is 3.08 bits per heavy atom. The molecule has 1 aliphatic heterocycles. The van der Waals surface area contributed by atoms with E-state index in [0.29, 0.717) is 18.8 Å². The first-order valence-corrected chi connectivity index (χ1v) is 8.57. The summed E-state index contributed by atoms with van der Waals surface area (Å²) in [6.45, 7) is 0.685. The number of aromatic nitrogens is 2. The summed E-state index contributed by atoms with van der Waals surface area (Å²) in [5.41, 5.74) is 1.53. The molecule has 1 amide bonds. The van der Waals surface area contributed by atoms with E-state index in [0.717, 1.165) is 30.3 Å². The first kappa shape index (κ1) is 15.6. The van der Waals surface area contributed by atoms with Gasteiger partial charge in [0.15, 0.2) is 0 Å². The number of hydrogen-bond donors (Lipinski definition) is 2. The molecule has 6 heteroatoms. The number of aliphatic hydroxyl groups excluding tert-OH is 1. The van der Waals surface area contributed by atoms with Gasteiger partial charge < -0.3 is 19.7 Å². The van der Waals surface area contributed by atoms with Crippen molar-refractivity contribution >= 4 is 16.9 Å². The number of methoxy groups -OCH3 is 1. The molecule has 0 bridgehead atoms. The number of amides is 1. The zero-order valence-corrected chi connectivity index (χ0v) is 13.9. The second kappa shape index (κ2) is 5.86. The van der Waals surface area contributed by atoms with Gasteiger partial charge in [0, 0.05) is 13.7 Å². The molecule has 1 saturated heterocycles. The van der Waals surface area contributed by atoms with Crippen LogP contribution in [-0.4, -0.2) is 57.3 Å². The predicted octanol–water partition coefficient (Wildman–Crippen LogP) is 1.64. The first-order valence-electron chi connectivity index (χ1n) is 8.57. The van der Waals surface area contributed by atoms with E-state index in [1.807, 2.05) is 29.2 Å². The molecule has 2 aliphatic rings. The van der Waals surface area contributed by atoms with Crippen molar-refractivity contribution in [1.82, 2.24) is 14.9 Å². The molecule has 0 unspecified atom stereocenters. The number of nitrogens with one attached hydrogen (secondary N) is 1. The molecule has 1 aliphatic carbocycles. The summed E-state index contributed by atoms with van der Waals surface area (Å²) in [5.74, 6) is 0.736. The van der Waals surface area contributed by atoms with Crippen molar-refractivity contribution in [2.75, 3.05) is 13.7 Å². The SMILES string of the molecule is CO[C@@]12CC[C@@H](O)C[C@@H]1N(C(=O)Cc1nc3ccccc3[nH]1)CC2. The third-order valence-electron chi connectivity index (χ3n) is 5.64. The average Bonchev–Trinajstić information content (AvgIpc) is 3.15. The smallest absolute Gasteiger partial charge is 0.230 e. The average molecular weight is 329 g/mol. The third kappa shape index (κ3) is 2.50. The van der Waals surface area contributed by atoms with E-state index in [4.69, 9.17) is 4.74 Å². The lowest BCUT2D eigenvalue weighted by molar-refractivity contribution is -0.139. The minimum Gasteiger partial charge on any atom is -0.393 e. The van der Waals surface area contributed by atoms with Crippen molar-refractivity contribution in [3.63, 3.8) is 0 Å². The number of carbonyl (C=O) groups is 1. The van der Waals surface area contributed by atoms with Crippen LogP contribution in [0, 0.1) is 0 Å². The zero-order chi connectivity index (χ0) is 16.7. The number of carbonyl (C=O) groups excluding carboxylic acids is 1. The van der Waals surface area contributed by atoms with Gasteiger partial charge in [-0.05, 0) is 37.8 Å². The summed E-state index contributed by atoms with van der Waals surface area (Å²) >= 11 is 0. The Morgan fingerprint density at radius 2 is 2.29 bits per heavy atom. The summed E-state index contributed by atoms with van der Waals surface area (Å²) in [6, 6.07) is 7.74. The Kier molecular flexibility index (Phi) is 3.81. The number of hydrogen-bond acceptors (Lipinski definition) is 4. The van der Waals surface area contributed by atoms with Crippen molar-refractivity contribution in [1.29, 1.82) is 0 Å². The number of aliphatic hydroxyl groups is 1. The number of likely N-dealkylation sites (tertiary alicyclic amines) is 1. The molecule has 0 spiro atoms. The minimum atomic E-state index is -0.349. The van der Waals surface area contributed by atoms with Gasteiger partial charge >= 0.3 is 0 Å². The lowest BCUT2D eigenvalue weighted by atomic mass is 9.79. The van der Waals surface area contributed by atoms with Gasteiger partial charge in [0.2, 0.25) is 5.91 Å². The number of para-hydroxylation sites is 2. The number of aromatic amines is 1. The molecular formula is C18H23N3O3. The Labute approximate surface area is 140 Å². The highest BCUT2D eigenvalue weighted by molar-refractivity contribution is 5.81. The minimum absolute atomic E-state index is 0.0388. The molecule has 3 atom stereocenters. The van der Waals surface area contributed by atoms with Gasteiger partial charge in [-0.3, -0.25) is 4.79 Å². The Morgan fingerprint density at radius 1 is 1.46 bits per heavy atom. The van der Waals surface area contributed by atoms with E-state index in [1.54, 1.807) is 7.11 Å². The molecule has 2 fully saturated rings. The van der Waals surface area contributed by atoms with Crippen LogP contribution in [0.5, 0.6) is 0 Å². The van der Waals surface area contributed by atoms with Crippen LogP contribution >= 0.6 is 0 Å². The molecule has 0 radical (unpaired) electrons. The van der Waals surface area contributed by atoms with Gasteiger partial charge in [0.1, 0.15) is 5.82 Å². The van der Waals surface area contributed by atoms with Gasteiger partial charge in [0.25, 0.3) is 0 Å². The number of H-pyrrole nitrogens is 1. The van der Waals surface area contributed by atoms with Crippen molar-refractivity contribution in [3.05, 3.63) is 30.1 Å². The Hall–Kier alpha value is -1.92. The zero-order valence-electron chi connectivity index (χ0n) is 13.9. The fourth-order valence-electron chi connectivity index (χ4n) is 4.31. The van der Waals surface area contributed by atoms with E-state index in [-0.39, 0.29) is 30.1 Å². The molecule has 2 heterocycles. The van der Waals surface area contributed by atoms with Gasteiger partial charge in [0.05, 0.1) is 35.2 Å². The molecule has 24 heavy (non-hydrogen) atoms. The van der Waals surface area contributed by atoms with Gasteiger partial charge in [-0.25, -0.2) is 4.98 Å². The van der Waals surface area contributed by atoms with Crippen LogP contribution in [0.2, 0.25) is 0 Å². The van der Waals surface area contributed by atoms with Crippen LogP contribution < -0.4 is 0 Å². The lowest BCUT2D eigenvalue weighted by Gasteiger charge is -2.42. The highest BCUT2D eigenvalue weighted by Crippen LogP contribution is 2.42. The molecule has 1 aromatic heterocycles. The Bertz CT molecular complexity index is 726. The maximum absolute atomic E-state index is 12.8. The van der Waals surface area contributed by atoms with Crippen molar-refractivity contribution in [2.24, 2.45) is 0 Å². The maximum atomic E-state index is 12.8. The van der Waals surface area contributed by atoms with Crippen LogP contribution in [0.25, 0.3) is 11.0 Å². The number of benzene rings is 1. The summed E-state index contributed by atoms with van der Waals surface area (Å²) < 4.78 is 5.80. The monoisotopic (exact) mass is 329 g/mol. The summed E-state index contributed by atoms with van der Waals surface area (Å²) in [7, 11) is 1.72. The Balaban J connectivity index is 1.53. The second-order valence-electron chi connectivity index (χ2n) is 6.93. The van der Waals surface area contributed by atoms with Crippen LogP contribution in [0.1, 0.15) is 31.5 Å². The lowest BCUT2D eigenvalue weighted by Crippen LogP contribution is -2.53. The van der Waals surface area contributed by atoms with Gasteiger partial charge in [-0.15, -0.1) is 0 Å². The van der Waals surface area contributed by atoms with Gasteiger partial charge in [-0.1, -0.05) is 12.1 Å². The van der Waals surface area contributed by atoms with E-state index < -0.39 is 0 Å². The topological polar surface area (TPSA) is 78.5 Å². The first-order chi connectivity index (χ1) is 11.6. The highest BCUT2D eigenvalue weighted by atomic mass is 16.5. The number of fused-ring (bicyclic) bond motifs is 2. The van der Waals surface area contributed by atoms with Crippen LogP contribution in [0.3, 0.4) is 0 Å². The molecule has 1 aromatic carbocycles. The predicted molar refractivity (Wildman–Crippen MR) is 89.5 cm³/mol. The van der Waals surface area contributed by atoms with Crippen molar-refractivity contribution < 1.29 is 14.6 Å². The summed E-state index contributed by atoms with van der Waals surface area (Å²) in [5, 5.41) is 10.0. The summed E-state index contributed by atoms with van der Waals surface area (Å²) in [6.07, 6.45) is 2.89. The van der Waals surface area contributed by atoms with Crippen LogP contribution in [0.4, 0.5) is 0 Å². The number of ether oxygens (including phenoxy) is 1. The van der Waals surface area contributed by atoms with Crippen LogP contribution in [0.15, 0.2) is 24.3 Å². The molecule has 128 valence electrons. The van der Waals surface area contributed by atoms with Crippen molar-refractivity contribution in [2.45, 2.75) is 49.9 Å². The number of nitrogens with zero attached hydrogens (tertiary/aromatic N) is 2. The quantitative estimate of drug-likeness (QED) is 0.897. The van der Waals surface area contributed by atoms with E-state index in [9.17, 15) is 9.90 Å². The number of rotatable bonds is 3. The van der Waals surface area contributed by atoms with Crippen LogP contribution in [-0.2, 0) is 16.0 Å². The molecule has 2 aromatic rings. The van der Waals surface area contributed by atoms with E-state index in [1.165, 1.54) is 0 Å².